The number of aliphatic hydroxyl groups excluding tert-OH is 1. The van der Waals surface area contributed by atoms with Crippen molar-refractivity contribution in [2.75, 3.05) is 0 Å². The first-order valence-corrected chi connectivity index (χ1v) is 4.93. The normalized spacial score (nSPS) is 28.2. The maximum Gasteiger partial charge on any atom is 0.330 e. The van der Waals surface area contributed by atoms with Gasteiger partial charge in [0.25, 0.3) is 5.56 Å². The van der Waals surface area contributed by atoms with Crippen LogP contribution in [0.5, 0.6) is 0 Å². The molecular formula is C9H11N3O5. The Balaban J connectivity index is 2.29. The highest BCUT2D eigenvalue weighted by molar-refractivity contribution is 5.79. The van der Waals surface area contributed by atoms with Gasteiger partial charge in [-0.3, -0.25) is 19.1 Å². The van der Waals surface area contributed by atoms with Gasteiger partial charge < -0.3 is 15.6 Å². The molecule has 8 nitrogen and oxygen atoms in total. The second kappa shape index (κ2) is 4.15. The molecule has 8 heteroatoms. The number of nitrogens with one attached hydrogen (secondary N) is 1. The van der Waals surface area contributed by atoms with E-state index in [9.17, 15) is 19.5 Å². The monoisotopic (exact) mass is 241 g/mol. The van der Waals surface area contributed by atoms with Crippen molar-refractivity contribution in [3.8, 4) is 0 Å². The summed E-state index contributed by atoms with van der Waals surface area (Å²) in [5.74, 6) is -0.794. The molecule has 0 spiro atoms. The average molecular weight is 241 g/mol. The van der Waals surface area contributed by atoms with E-state index in [4.69, 9.17) is 10.5 Å². The van der Waals surface area contributed by atoms with Gasteiger partial charge in [-0.15, -0.1) is 0 Å². The number of aliphatic hydroxyl groups is 1. The Morgan fingerprint density at radius 2 is 2.29 bits per heavy atom. The number of carbonyl (C=O) groups is 1. The molecule has 2 heterocycles. The quantitative estimate of drug-likeness (QED) is 0.535. The summed E-state index contributed by atoms with van der Waals surface area (Å²) in [7, 11) is 0. The maximum atomic E-state index is 11.4. The second-order valence-electron chi connectivity index (χ2n) is 3.73. The van der Waals surface area contributed by atoms with E-state index in [1.54, 1.807) is 0 Å². The summed E-state index contributed by atoms with van der Waals surface area (Å²) in [5, 5.41) is 9.52. The molecule has 1 fully saturated rings. The first kappa shape index (κ1) is 11.6. The summed E-state index contributed by atoms with van der Waals surface area (Å²) in [5.41, 5.74) is 3.82. The Hall–Kier alpha value is -1.93. The zero-order valence-electron chi connectivity index (χ0n) is 8.70. The van der Waals surface area contributed by atoms with E-state index in [2.05, 4.69) is 0 Å². The molecule has 1 aromatic heterocycles. The lowest BCUT2D eigenvalue weighted by atomic mass is 10.2. The van der Waals surface area contributed by atoms with Gasteiger partial charge in [-0.25, -0.2) is 4.79 Å². The summed E-state index contributed by atoms with van der Waals surface area (Å²) in [6, 6.07) is 1.15. The Kier molecular flexibility index (Phi) is 2.82. The highest BCUT2D eigenvalue weighted by Gasteiger charge is 2.38. The first-order chi connectivity index (χ1) is 7.99. The summed E-state index contributed by atoms with van der Waals surface area (Å²) in [4.78, 5) is 35.3. The average Bonchev–Trinajstić information content (AvgIpc) is 2.60. The number of H-pyrrole nitrogens is 1. The molecule has 0 aromatic carbocycles. The van der Waals surface area contributed by atoms with Crippen LogP contribution in [0.4, 0.5) is 0 Å². The third-order valence-electron chi connectivity index (χ3n) is 2.54. The van der Waals surface area contributed by atoms with E-state index in [-0.39, 0.29) is 6.42 Å². The van der Waals surface area contributed by atoms with Crippen LogP contribution in [0.25, 0.3) is 0 Å². The fourth-order valence-corrected chi connectivity index (χ4v) is 1.74. The van der Waals surface area contributed by atoms with Crippen molar-refractivity contribution in [1.29, 1.82) is 0 Å². The Labute approximate surface area is 94.6 Å². The van der Waals surface area contributed by atoms with Crippen molar-refractivity contribution in [2.45, 2.75) is 24.9 Å². The molecule has 0 aliphatic carbocycles. The predicted octanol–water partition coefficient (Wildman–Crippen LogP) is -2.33. The van der Waals surface area contributed by atoms with Crippen LogP contribution in [0.1, 0.15) is 12.6 Å². The highest BCUT2D eigenvalue weighted by atomic mass is 16.5. The number of nitrogens with zero attached hydrogens (tertiary/aromatic N) is 1. The van der Waals surface area contributed by atoms with Gasteiger partial charge >= 0.3 is 5.69 Å². The maximum absolute atomic E-state index is 11.4. The fraction of sp³-hybridized carbons (Fsp3) is 0.444. The van der Waals surface area contributed by atoms with E-state index in [0.29, 0.717) is 0 Å². The van der Waals surface area contributed by atoms with E-state index in [0.717, 1.165) is 10.6 Å². The number of primary amides is 1. The van der Waals surface area contributed by atoms with Crippen molar-refractivity contribution in [3.63, 3.8) is 0 Å². The molecule has 17 heavy (non-hydrogen) atoms. The Bertz CT molecular complexity index is 548. The standard InChI is InChI=1S/C9H11N3O5/c10-8(15)7-4(13)3-6(17-7)12-2-1-5(14)11-9(12)16/h1-2,4,6-7,13H,3H2,(H2,10,15)(H,11,14,16)/t4-,6+,7-/m0/s1. The van der Waals surface area contributed by atoms with Gasteiger partial charge in [0.1, 0.15) is 6.23 Å². The highest BCUT2D eigenvalue weighted by Crippen LogP contribution is 2.26. The van der Waals surface area contributed by atoms with Crippen LogP contribution in [0.2, 0.25) is 0 Å². The lowest BCUT2D eigenvalue weighted by Gasteiger charge is -2.13. The number of aromatic amines is 1. The van der Waals surface area contributed by atoms with Crippen LogP contribution in [0.15, 0.2) is 21.9 Å². The minimum absolute atomic E-state index is 0.0551. The Morgan fingerprint density at radius 3 is 2.82 bits per heavy atom. The molecule has 0 saturated carbocycles. The van der Waals surface area contributed by atoms with Gasteiger partial charge in [0.05, 0.1) is 6.10 Å². The van der Waals surface area contributed by atoms with Crippen molar-refractivity contribution < 1.29 is 14.6 Å². The molecular weight excluding hydrogens is 230 g/mol. The van der Waals surface area contributed by atoms with Crippen molar-refractivity contribution in [2.24, 2.45) is 5.73 Å². The van der Waals surface area contributed by atoms with Crippen LogP contribution < -0.4 is 17.0 Å². The van der Waals surface area contributed by atoms with E-state index >= 15 is 0 Å². The summed E-state index contributed by atoms with van der Waals surface area (Å²) in [6.45, 7) is 0. The van der Waals surface area contributed by atoms with Crippen molar-refractivity contribution in [3.05, 3.63) is 33.1 Å². The SMILES string of the molecule is NC(=O)[C@H]1O[C@@H](n2ccc(=O)[nH]c2=O)C[C@@H]1O. The number of hydrogen-bond acceptors (Lipinski definition) is 5. The van der Waals surface area contributed by atoms with Gasteiger partial charge in [0.15, 0.2) is 6.10 Å². The van der Waals surface area contributed by atoms with Gasteiger partial charge in [-0.1, -0.05) is 0 Å². The smallest absolute Gasteiger partial charge is 0.330 e. The third-order valence-corrected chi connectivity index (χ3v) is 2.54. The molecule has 0 radical (unpaired) electrons. The van der Waals surface area contributed by atoms with Gasteiger partial charge in [0, 0.05) is 18.7 Å². The summed E-state index contributed by atoms with van der Waals surface area (Å²) in [6.07, 6.45) is -1.72. The summed E-state index contributed by atoms with van der Waals surface area (Å²) < 4.78 is 6.25. The number of hydrogen-bond donors (Lipinski definition) is 3. The lowest BCUT2D eigenvalue weighted by Crippen LogP contribution is -2.36. The third kappa shape index (κ3) is 2.12. The van der Waals surface area contributed by atoms with E-state index in [1.165, 1.54) is 6.20 Å². The van der Waals surface area contributed by atoms with Gasteiger partial charge in [0.2, 0.25) is 5.91 Å². The number of nitrogens with two attached hydrogens (primary N) is 1. The molecule has 0 unspecified atom stereocenters. The van der Waals surface area contributed by atoms with Gasteiger partial charge in [-0.2, -0.15) is 0 Å². The molecule has 1 aromatic rings. The van der Waals surface area contributed by atoms with Crippen LogP contribution >= 0.6 is 0 Å². The first-order valence-electron chi connectivity index (χ1n) is 4.93. The fourth-order valence-electron chi connectivity index (χ4n) is 1.74. The van der Waals surface area contributed by atoms with Crippen LogP contribution in [0, 0.1) is 0 Å². The molecule has 4 N–H and O–H groups in total. The number of amides is 1. The van der Waals surface area contributed by atoms with Crippen molar-refractivity contribution >= 4 is 5.91 Å². The molecule has 92 valence electrons. The summed E-state index contributed by atoms with van der Waals surface area (Å²) >= 11 is 0. The molecule has 1 aliphatic rings. The van der Waals surface area contributed by atoms with Crippen LogP contribution in [-0.4, -0.2) is 32.8 Å². The molecule has 1 aliphatic heterocycles. The topological polar surface area (TPSA) is 127 Å². The lowest BCUT2D eigenvalue weighted by molar-refractivity contribution is -0.134. The zero-order valence-corrected chi connectivity index (χ0v) is 8.70. The largest absolute Gasteiger partial charge is 0.390 e. The zero-order chi connectivity index (χ0) is 12.6. The molecule has 3 atom stereocenters. The minimum Gasteiger partial charge on any atom is -0.390 e. The van der Waals surface area contributed by atoms with Gasteiger partial charge in [-0.05, 0) is 0 Å². The Morgan fingerprint density at radius 1 is 1.59 bits per heavy atom. The van der Waals surface area contributed by atoms with Crippen LogP contribution in [0.3, 0.4) is 0 Å². The van der Waals surface area contributed by atoms with E-state index < -0.39 is 35.6 Å². The molecule has 2 rings (SSSR count). The molecule has 0 bridgehead atoms. The minimum atomic E-state index is -1.14. The van der Waals surface area contributed by atoms with Crippen LogP contribution in [-0.2, 0) is 9.53 Å². The molecule has 1 amide bonds. The number of carbonyl (C=O) groups excluding carboxylic acids is 1. The number of aromatic nitrogens is 2. The van der Waals surface area contributed by atoms with E-state index in [1.807, 2.05) is 4.98 Å². The van der Waals surface area contributed by atoms with Crippen molar-refractivity contribution in [1.82, 2.24) is 9.55 Å². The molecule has 1 saturated heterocycles. The predicted molar refractivity (Wildman–Crippen MR) is 55.1 cm³/mol. The number of rotatable bonds is 2. The number of ether oxygens (including phenoxy) is 1. The second-order valence-corrected chi connectivity index (χ2v) is 3.73.